The van der Waals surface area contributed by atoms with Gasteiger partial charge in [-0.05, 0) is 54.5 Å². The lowest BCUT2D eigenvalue weighted by Crippen LogP contribution is -2.15. The van der Waals surface area contributed by atoms with Crippen LogP contribution in [0.3, 0.4) is 0 Å². The van der Waals surface area contributed by atoms with Gasteiger partial charge in [0.05, 0.1) is 11.1 Å². The second-order valence-corrected chi connectivity index (χ2v) is 8.49. The zero-order chi connectivity index (χ0) is 22.1. The van der Waals surface area contributed by atoms with Crippen molar-refractivity contribution >= 4 is 38.7 Å². The number of fused-ring (bicyclic) bond motifs is 2. The van der Waals surface area contributed by atoms with Crippen LogP contribution in [0.15, 0.2) is 77.3 Å². The Bertz CT molecular complexity index is 1360. The first kappa shape index (κ1) is 20.5. The van der Waals surface area contributed by atoms with Crippen LogP contribution in [0.25, 0.3) is 28.1 Å². The predicted molar refractivity (Wildman–Crippen MR) is 130 cm³/mol. The molecule has 32 heavy (non-hydrogen) atoms. The van der Waals surface area contributed by atoms with Crippen molar-refractivity contribution in [2.45, 2.75) is 6.92 Å². The molecule has 4 aromatic rings. The van der Waals surface area contributed by atoms with Gasteiger partial charge in [0.2, 0.25) is 0 Å². The van der Waals surface area contributed by atoms with E-state index in [1.54, 1.807) is 12.2 Å². The summed E-state index contributed by atoms with van der Waals surface area (Å²) in [5.74, 6) is 1.33. The van der Waals surface area contributed by atoms with Gasteiger partial charge in [0, 0.05) is 21.1 Å². The first-order valence-electron chi connectivity index (χ1n) is 10.4. The summed E-state index contributed by atoms with van der Waals surface area (Å²) < 4.78 is 12.2. The number of carbonyl (C=O) groups is 1. The highest BCUT2D eigenvalue weighted by atomic mass is 79.9. The number of aromatic nitrogens is 1. The fourth-order valence-corrected chi connectivity index (χ4v) is 4.34. The number of ether oxygens (including phenoxy) is 2. The molecule has 3 aromatic carbocycles. The second-order valence-electron chi connectivity index (χ2n) is 7.58. The third-order valence-electron chi connectivity index (χ3n) is 5.43. The molecule has 0 amide bonds. The van der Waals surface area contributed by atoms with Crippen LogP contribution in [0.1, 0.15) is 21.6 Å². The van der Waals surface area contributed by atoms with Crippen molar-refractivity contribution in [3.8, 4) is 22.6 Å². The molecule has 0 radical (unpaired) electrons. The van der Waals surface area contributed by atoms with Crippen molar-refractivity contribution < 1.29 is 14.3 Å². The molecule has 1 aliphatic heterocycles. The summed E-state index contributed by atoms with van der Waals surface area (Å²) in [6.07, 6.45) is 3.41. The molecule has 0 N–H and O–H groups in total. The normalized spacial score (nSPS) is 12.9. The van der Waals surface area contributed by atoms with E-state index < -0.39 is 0 Å². The molecule has 0 spiro atoms. The van der Waals surface area contributed by atoms with Crippen LogP contribution < -0.4 is 9.47 Å². The van der Waals surface area contributed by atoms with Crippen molar-refractivity contribution in [3.63, 3.8) is 0 Å². The number of ketones is 1. The van der Waals surface area contributed by atoms with Crippen molar-refractivity contribution in [3.05, 3.63) is 94.1 Å². The summed E-state index contributed by atoms with van der Waals surface area (Å²) in [4.78, 5) is 18.2. The molecule has 0 unspecified atom stereocenters. The van der Waals surface area contributed by atoms with Crippen LogP contribution in [-0.4, -0.2) is 24.0 Å². The first-order chi connectivity index (χ1) is 15.6. The Morgan fingerprint density at radius 3 is 2.56 bits per heavy atom. The quantitative estimate of drug-likeness (QED) is 0.240. The highest BCUT2D eigenvalue weighted by molar-refractivity contribution is 9.10. The minimum atomic E-state index is -0.0920. The van der Waals surface area contributed by atoms with Crippen LogP contribution in [0.4, 0.5) is 0 Å². The summed E-state index contributed by atoms with van der Waals surface area (Å²) in [7, 11) is 0. The number of carbonyl (C=O) groups excluding carboxylic acids is 1. The molecule has 158 valence electrons. The second kappa shape index (κ2) is 8.60. The summed E-state index contributed by atoms with van der Waals surface area (Å²) in [6.45, 7) is 2.96. The molecule has 2 heterocycles. The van der Waals surface area contributed by atoms with Gasteiger partial charge in [-0.1, -0.05) is 58.4 Å². The Balaban J connectivity index is 1.61. The Labute approximate surface area is 194 Å². The highest BCUT2D eigenvalue weighted by Crippen LogP contribution is 2.35. The molecule has 0 fully saturated rings. The molecule has 4 nitrogen and oxygen atoms in total. The van der Waals surface area contributed by atoms with Crippen LogP contribution in [0.2, 0.25) is 0 Å². The molecule has 5 heteroatoms. The van der Waals surface area contributed by atoms with Crippen LogP contribution in [0.5, 0.6) is 11.5 Å². The Kier molecular flexibility index (Phi) is 5.50. The molecule has 0 saturated carbocycles. The lowest BCUT2D eigenvalue weighted by Gasteiger charge is -2.18. The minimum Gasteiger partial charge on any atom is -0.486 e. The Morgan fingerprint density at radius 1 is 0.969 bits per heavy atom. The van der Waals surface area contributed by atoms with Crippen molar-refractivity contribution in [1.82, 2.24) is 4.98 Å². The number of nitrogens with zero attached hydrogens (tertiary/aromatic N) is 1. The van der Waals surface area contributed by atoms with Crippen LogP contribution in [-0.2, 0) is 0 Å². The molecule has 0 atom stereocenters. The largest absolute Gasteiger partial charge is 0.486 e. The lowest BCUT2D eigenvalue weighted by molar-refractivity contribution is 0.104. The van der Waals surface area contributed by atoms with E-state index in [1.165, 1.54) is 0 Å². The topological polar surface area (TPSA) is 48.4 Å². The number of benzene rings is 3. The third kappa shape index (κ3) is 3.92. The summed E-state index contributed by atoms with van der Waals surface area (Å²) >= 11 is 3.56. The predicted octanol–water partition coefficient (Wildman–Crippen LogP) is 6.64. The van der Waals surface area contributed by atoms with Crippen molar-refractivity contribution in [1.29, 1.82) is 0 Å². The zero-order valence-electron chi connectivity index (χ0n) is 17.5. The van der Waals surface area contributed by atoms with Gasteiger partial charge in [-0.25, -0.2) is 0 Å². The van der Waals surface area contributed by atoms with E-state index in [9.17, 15) is 4.79 Å². The highest BCUT2D eigenvalue weighted by Gasteiger charge is 2.19. The number of halogens is 1. The van der Waals surface area contributed by atoms with Gasteiger partial charge in [-0.15, -0.1) is 0 Å². The Morgan fingerprint density at radius 2 is 1.75 bits per heavy atom. The monoisotopic (exact) mass is 485 g/mol. The van der Waals surface area contributed by atoms with Crippen LogP contribution in [0, 0.1) is 6.92 Å². The van der Waals surface area contributed by atoms with E-state index in [2.05, 4.69) is 15.9 Å². The molecule has 0 aliphatic carbocycles. The SMILES string of the molecule is Cc1nc2ccc(Br)cc2c(-c2ccccc2)c1C(=O)/C=C\c1ccc2c(c1)OCCO2. The van der Waals surface area contributed by atoms with E-state index in [-0.39, 0.29) is 5.78 Å². The van der Waals surface area contributed by atoms with E-state index in [0.717, 1.165) is 37.8 Å². The van der Waals surface area contributed by atoms with Crippen molar-refractivity contribution in [2.75, 3.05) is 13.2 Å². The van der Waals surface area contributed by atoms with E-state index in [1.807, 2.05) is 73.7 Å². The molecule has 5 rings (SSSR count). The first-order valence-corrected chi connectivity index (χ1v) is 11.2. The molecule has 1 aromatic heterocycles. The summed E-state index contributed by atoms with van der Waals surface area (Å²) in [5.41, 5.74) is 4.92. The maximum absolute atomic E-state index is 13.5. The summed E-state index contributed by atoms with van der Waals surface area (Å²) in [6, 6.07) is 21.6. The fourth-order valence-electron chi connectivity index (χ4n) is 3.98. The van der Waals surface area contributed by atoms with Gasteiger partial charge >= 0.3 is 0 Å². The van der Waals surface area contributed by atoms with E-state index in [4.69, 9.17) is 14.5 Å². The van der Waals surface area contributed by atoms with E-state index in [0.29, 0.717) is 30.2 Å². The maximum atomic E-state index is 13.5. The van der Waals surface area contributed by atoms with Gasteiger partial charge in [-0.2, -0.15) is 0 Å². The number of pyridine rings is 1. The average molecular weight is 486 g/mol. The van der Waals surface area contributed by atoms with E-state index >= 15 is 0 Å². The zero-order valence-corrected chi connectivity index (χ0v) is 19.1. The number of hydrogen-bond acceptors (Lipinski definition) is 4. The maximum Gasteiger partial charge on any atom is 0.188 e. The van der Waals surface area contributed by atoms with Gasteiger partial charge < -0.3 is 9.47 Å². The summed E-state index contributed by atoms with van der Waals surface area (Å²) in [5, 5.41) is 0.937. The molecular weight excluding hydrogens is 466 g/mol. The smallest absolute Gasteiger partial charge is 0.188 e. The van der Waals surface area contributed by atoms with Crippen molar-refractivity contribution in [2.24, 2.45) is 0 Å². The third-order valence-corrected chi connectivity index (χ3v) is 5.92. The van der Waals surface area contributed by atoms with Crippen LogP contribution >= 0.6 is 15.9 Å². The number of rotatable bonds is 4. The molecule has 1 aliphatic rings. The van der Waals surface area contributed by atoms with Gasteiger partial charge in [0.15, 0.2) is 17.3 Å². The van der Waals surface area contributed by atoms with Gasteiger partial charge in [0.25, 0.3) is 0 Å². The minimum absolute atomic E-state index is 0.0920. The molecule has 0 bridgehead atoms. The average Bonchev–Trinajstić information content (AvgIpc) is 2.82. The number of aryl methyl sites for hydroxylation is 1. The molecule has 0 saturated heterocycles. The Hall–Kier alpha value is -3.44. The fraction of sp³-hybridized carbons (Fsp3) is 0.111. The standard InChI is InChI=1S/C27H20BrNO3/c1-17-26(23(30)11-7-18-8-12-24-25(15-18)32-14-13-31-24)27(19-5-3-2-4-6-19)21-16-20(28)9-10-22(21)29-17/h2-12,15-16H,13-14H2,1H3/b11-7-. The lowest BCUT2D eigenvalue weighted by atomic mass is 9.92. The number of hydrogen-bond donors (Lipinski definition) is 0. The van der Waals surface area contributed by atoms with Gasteiger partial charge in [-0.3, -0.25) is 9.78 Å². The number of allylic oxidation sites excluding steroid dienone is 1. The molecular formula is C27H20BrNO3. The van der Waals surface area contributed by atoms with Gasteiger partial charge in [0.1, 0.15) is 13.2 Å².